The van der Waals surface area contributed by atoms with Gasteiger partial charge in [0.15, 0.2) is 11.7 Å². The van der Waals surface area contributed by atoms with Crippen molar-refractivity contribution in [3.8, 4) is 17.0 Å². The number of aromatic nitrogens is 2. The van der Waals surface area contributed by atoms with Gasteiger partial charge in [-0.05, 0) is 42.5 Å². The smallest absolute Gasteiger partial charge is 0.267 e. The Balaban J connectivity index is 1.41. The Morgan fingerprint density at radius 2 is 1.84 bits per heavy atom. The maximum absolute atomic E-state index is 12.7. The fourth-order valence-corrected chi connectivity index (χ4v) is 4.77. The van der Waals surface area contributed by atoms with Crippen molar-refractivity contribution in [2.45, 2.75) is 4.90 Å². The molecular weight excluding hydrogens is 458 g/mol. The Hall–Kier alpha value is -3.14. The van der Waals surface area contributed by atoms with E-state index in [2.05, 4.69) is 10.3 Å². The van der Waals surface area contributed by atoms with Crippen LogP contribution in [0.2, 0.25) is 5.02 Å². The van der Waals surface area contributed by atoms with Crippen molar-refractivity contribution in [2.24, 2.45) is 0 Å². The molecule has 0 bridgehead atoms. The van der Waals surface area contributed by atoms with Crippen molar-refractivity contribution in [3.63, 3.8) is 0 Å². The number of hydrogen-bond acceptors (Lipinski definition) is 6. The molecule has 31 heavy (non-hydrogen) atoms. The van der Waals surface area contributed by atoms with Crippen molar-refractivity contribution in [1.82, 2.24) is 8.96 Å². The molecule has 0 fully saturated rings. The number of ether oxygens (including phenoxy) is 1. The third-order valence-corrected chi connectivity index (χ3v) is 6.88. The van der Waals surface area contributed by atoms with E-state index in [0.717, 1.165) is 3.97 Å². The van der Waals surface area contributed by atoms with Crippen molar-refractivity contribution >= 4 is 44.0 Å². The molecule has 2 heterocycles. The molecule has 0 saturated heterocycles. The van der Waals surface area contributed by atoms with Gasteiger partial charge in [0.05, 0.1) is 10.6 Å². The first-order valence-electron chi connectivity index (χ1n) is 9.04. The molecule has 1 N–H and O–H groups in total. The number of halogens is 1. The van der Waals surface area contributed by atoms with Gasteiger partial charge in [-0.15, -0.1) is 11.3 Å². The number of benzene rings is 2. The zero-order valence-corrected chi connectivity index (χ0v) is 18.3. The van der Waals surface area contributed by atoms with Crippen LogP contribution < -0.4 is 10.1 Å². The summed E-state index contributed by atoms with van der Waals surface area (Å²) < 4.78 is 32.0. The van der Waals surface area contributed by atoms with E-state index >= 15 is 0 Å². The van der Waals surface area contributed by atoms with Crippen LogP contribution in [0.25, 0.3) is 11.3 Å². The van der Waals surface area contributed by atoms with Crippen molar-refractivity contribution in [1.29, 1.82) is 0 Å². The Kier molecular flexibility index (Phi) is 6.08. The Morgan fingerprint density at radius 1 is 1.10 bits per heavy atom. The van der Waals surface area contributed by atoms with Crippen LogP contribution in [0.1, 0.15) is 0 Å². The molecule has 0 unspecified atom stereocenters. The quantitative estimate of drug-likeness (QED) is 0.426. The Bertz CT molecular complexity index is 1300. The minimum atomic E-state index is -3.68. The summed E-state index contributed by atoms with van der Waals surface area (Å²) in [6.07, 6.45) is 2.96. The van der Waals surface area contributed by atoms with Crippen LogP contribution in [0, 0.1) is 0 Å². The SMILES string of the molecule is O=C(COc1ccc(Cl)cc1)Nc1nc(-c2ccn(S(=O)(=O)c3ccccc3)c2)cs1. The van der Waals surface area contributed by atoms with Crippen LogP contribution in [0.5, 0.6) is 5.75 Å². The average Bonchev–Trinajstić information content (AvgIpc) is 3.44. The second-order valence-electron chi connectivity index (χ2n) is 6.38. The number of nitrogens with one attached hydrogen (secondary N) is 1. The van der Waals surface area contributed by atoms with E-state index in [1.54, 1.807) is 53.9 Å². The third-order valence-electron chi connectivity index (χ3n) is 4.22. The lowest BCUT2D eigenvalue weighted by molar-refractivity contribution is -0.118. The molecule has 0 aliphatic carbocycles. The van der Waals surface area contributed by atoms with Gasteiger partial charge >= 0.3 is 0 Å². The van der Waals surface area contributed by atoms with Gasteiger partial charge in [0.25, 0.3) is 15.9 Å². The fourth-order valence-electron chi connectivity index (χ4n) is 2.69. The zero-order chi connectivity index (χ0) is 21.8. The molecule has 0 aliphatic rings. The van der Waals surface area contributed by atoms with Crippen LogP contribution in [-0.2, 0) is 14.8 Å². The lowest BCUT2D eigenvalue weighted by Gasteiger charge is -2.05. The number of rotatable bonds is 7. The molecule has 0 spiro atoms. The van der Waals surface area contributed by atoms with Gasteiger partial charge in [-0.2, -0.15) is 0 Å². The van der Waals surface area contributed by atoms with E-state index < -0.39 is 10.0 Å². The van der Waals surface area contributed by atoms with Gasteiger partial charge in [-0.3, -0.25) is 10.1 Å². The van der Waals surface area contributed by atoms with E-state index in [1.165, 1.54) is 35.9 Å². The van der Waals surface area contributed by atoms with Crippen LogP contribution in [0.3, 0.4) is 0 Å². The molecule has 158 valence electrons. The normalized spacial score (nSPS) is 11.3. The third kappa shape index (κ3) is 4.96. The first-order valence-corrected chi connectivity index (χ1v) is 11.7. The molecule has 4 rings (SSSR count). The standard InChI is InChI=1S/C21H16ClN3O4S2/c22-16-6-8-17(9-7-16)29-13-20(26)24-21-23-19(14-30-21)15-10-11-25(12-15)31(27,28)18-4-2-1-3-5-18/h1-12,14H,13H2,(H,23,24,26). The topological polar surface area (TPSA) is 90.3 Å². The summed E-state index contributed by atoms with van der Waals surface area (Å²) in [5, 5.41) is 5.38. The molecule has 7 nitrogen and oxygen atoms in total. The highest BCUT2D eigenvalue weighted by Gasteiger charge is 2.17. The number of carbonyl (C=O) groups excluding carboxylic acids is 1. The summed E-state index contributed by atoms with van der Waals surface area (Å²) in [5.41, 5.74) is 1.18. The summed E-state index contributed by atoms with van der Waals surface area (Å²) in [4.78, 5) is 16.7. The molecule has 2 aromatic carbocycles. The maximum atomic E-state index is 12.7. The zero-order valence-electron chi connectivity index (χ0n) is 15.9. The minimum absolute atomic E-state index is 0.178. The van der Waals surface area contributed by atoms with Crippen molar-refractivity contribution in [3.05, 3.63) is 83.5 Å². The molecule has 0 saturated carbocycles. The van der Waals surface area contributed by atoms with E-state index in [-0.39, 0.29) is 17.4 Å². The minimum Gasteiger partial charge on any atom is -0.484 e. The van der Waals surface area contributed by atoms with E-state index in [0.29, 0.717) is 27.2 Å². The number of thiazole rings is 1. The molecular formula is C21H16ClN3O4S2. The van der Waals surface area contributed by atoms with Gasteiger partial charge in [0.2, 0.25) is 0 Å². The number of nitrogens with zero attached hydrogens (tertiary/aromatic N) is 2. The first kappa shape index (κ1) is 21.1. The predicted octanol–water partition coefficient (Wildman–Crippen LogP) is 4.52. The number of amides is 1. The van der Waals surface area contributed by atoms with Gasteiger partial charge in [-0.25, -0.2) is 17.4 Å². The molecule has 0 aliphatic heterocycles. The number of carbonyl (C=O) groups is 1. The monoisotopic (exact) mass is 473 g/mol. The molecule has 0 atom stereocenters. The molecule has 0 radical (unpaired) electrons. The lowest BCUT2D eigenvalue weighted by Crippen LogP contribution is -2.20. The highest BCUT2D eigenvalue weighted by molar-refractivity contribution is 7.90. The van der Waals surface area contributed by atoms with Crippen LogP contribution >= 0.6 is 22.9 Å². The number of anilines is 1. The number of hydrogen-bond donors (Lipinski definition) is 1. The Labute approximate surface area is 188 Å². The van der Waals surface area contributed by atoms with Crippen LogP contribution in [0.15, 0.2) is 83.3 Å². The molecule has 2 aromatic heterocycles. The van der Waals surface area contributed by atoms with E-state index in [4.69, 9.17) is 16.3 Å². The summed E-state index contributed by atoms with van der Waals surface area (Å²) >= 11 is 7.05. The summed E-state index contributed by atoms with van der Waals surface area (Å²) in [5.74, 6) is 0.167. The second kappa shape index (κ2) is 8.93. The van der Waals surface area contributed by atoms with Crippen molar-refractivity contribution in [2.75, 3.05) is 11.9 Å². The maximum Gasteiger partial charge on any atom is 0.267 e. The van der Waals surface area contributed by atoms with E-state index in [9.17, 15) is 13.2 Å². The van der Waals surface area contributed by atoms with Gasteiger partial charge in [0.1, 0.15) is 5.75 Å². The highest BCUT2D eigenvalue weighted by atomic mass is 35.5. The van der Waals surface area contributed by atoms with Gasteiger partial charge < -0.3 is 4.74 Å². The highest BCUT2D eigenvalue weighted by Crippen LogP contribution is 2.26. The first-order chi connectivity index (χ1) is 14.9. The summed E-state index contributed by atoms with van der Waals surface area (Å²) in [6.45, 7) is -0.178. The van der Waals surface area contributed by atoms with Gasteiger partial charge in [-0.1, -0.05) is 29.8 Å². The van der Waals surface area contributed by atoms with Crippen LogP contribution in [0.4, 0.5) is 5.13 Å². The summed E-state index contributed by atoms with van der Waals surface area (Å²) in [6, 6.07) is 16.5. The fraction of sp³-hybridized carbons (Fsp3) is 0.0476. The predicted molar refractivity (Wildman–Crippen MR) is 120 cm³/mol. The molecule has 1 amide bonds. The second-order valence-corrected chi connectivity index (χ2v) is 9.51. The van der Waals surface area contributed by atoms with Crippen molar-refractivity contribution < 1.29 is 17.9 Å². The van der Waals surface area contributed by atoms with E-state index in [1.807, 2.05) is 0 Å². The average molecular weight is 474 g/mol. The molecule has 4 aromatic rings. The largest absolute Gasteiger partial charge is 0.484 e. The summed E-state index contributed by atoms with van der Waals surface area (Å²) in [7, 11) is -3.68. The Morgan fingerprint density at radius 3 is 2.58 bits per heavy atom. The molecule has 10 heteroatoms. The van der Waals surface area contributed by atoms with Gasteiger partial charge in [0, 0.05) is 28.4 Å². The van der Waals surface area contributed by atoms with Crippen LogP contribution in [-0.4, -0.2) is 29.9 Å². The lowest BCUT2D eigenvalue weighted by atomic mass is 10.3.